The number of hydrogen-bond acceptors (Lipinski definition) is 4. The summed E-state index contributed by atoms with van der Waals surface area (Å²) in [6.07, 6.45) is 1.54. The highest BCUT2D eigenvalue weighted by Crippen LogP contribution is 2.25. The van der Waals surface area contributed by atoms with Crippen LogP contribution in [0.5, 0.6) is 0 Å². The molecule has 0 bridgehead atoms. The van der Waals surface area contributed by atoms with Crippen molar-refractivity contribution in [2.45, 2.75) is 38.9 Å². The lowest BCUT2D eigenvalue weighted by molar-refractivity contribution is 0.0545. The molecule has 84 valence electrons. The van der Waals surface area contributed by atoms with Crippen molar-refractivity contribution in [3.8, 4) is 0 Å². The van der Waals surface area contributed by atoms with Gasteiger partial charge in [-0.1, -0.05) is 5.16 Å². The van der Waals surface area contributed by atoms with Crippen molar-refractivity contribution in [2.75, 3.05) is 13.1 Å². The standard InChI is InChI=1S/C10H16FN3O/c1-8-12-9(13-15-8)6-14-5-3-4-10(2,11)7-14/h3-7H2,1-2H3/t10-/m1/s1. The van der Waals surface area contributed by atoms with Gasteiger partial charge in [0, 0.05) is 13.5 Å². The van der Waals surface area contributed by atoms with Crippen molar-refractivity contribution in [1.29, 1.82) is 0 Å². The summed E-state index contributed by atoms with van der Waals surface area (Å²) in [4.78, 5) is 6.15. The Morgan fingerprint density at radius 2 is 2.40 bits per heavy atom. The Balaban J connectivity index is 1.95. The zero-order valence-corrected chi connectivity index (χ0v) is 9.16. The molecule has 2 heterocycles. The fourth-order valence-corrected chi connectivity index (χ4v) is 2.04. The second-order valence-electron chi connectivity index (χ2n) is 4.46. The summed E-state index contributed by atoms with van der Waals surface area (Å²) in [6.45, 7) is 5.36. The molecule has 1 aromatic heterocycles. The predicted molar refractivity (Wildman–Crippen MR) is 53.1 cm³/mol. The van der Waals surface area contributed by atoms with Gasteiger partial charge in [-0.15, -0.1) is 0 Å². The van der Waals surface area contributed by atoms with Gasteiger partial charge >= 0.3 is 0 Å². The highest BCUT2D eigenvalue weighted by Gasteiger charge is 2.30. The third-order valence-corrected chi connectivity index (χ3v) is 2.66. The molecule has 1 atom stereocenters. The number of aryl methyl sites for hydroxylation is 1. The first-order valence-electron chi connectivity index (χ1n) is 5.26. The van der Waals surface area contributed by atoms with Gasteiger partial charge in [-0.3, -0.25) is 4.90 Å². The van der Waals surface area contributed by atoms with Gasteiger partial charge in [0.25, 0.3) is 0 Å². The molecule has 5 heteroatoms. The summed E-state index contributed by atoms with van der Waals surface area (Å²) in [5.41, 5.74) is -1.07. The lowest BCUT2D eigenvalue weighted by atomic mass is 9.97. The van der Waals surface area contributed by atoms with Gasteiger partial charge in [-0.2, -0.15) is 4.98 Å². The topological polar surface area (TPSA) is 42.2 Å². The van der Waals surface area contributed by atoms with Crippen molar-refractivity contribution >= 4 is 0 Å². The van der Waals surface area contributed by atoms with Crippen LogP contribution >= 0.6 is 0 Å². The number of alkyl halides is 1. The summed E-state index contributed by atoms with van der Waals surface area (Å²) in [5, 5.41) is 3.81. The number of halogens is 1. The average Bonchev–Trinajstić information content (AvgIpc) is 2.49. The van der Waals surface area contributed by atoms with Crippen LogP contribution in [0.25, 0.3) is 0 Å². The maximum atomic E-state index is 13.7. The minimum atomic E-state index is -1.07. The minimum Gasteiger partial charge on any atom is -0.340 e. The zero-order valence-electron chi connectivity index (χ0n) is 9.16. The van der Waals surface area contributed by atoms with E-state index in [0.717, 1.165) is 13.0 Å². The highest BCUT2D eigenvalue weighted by molar-refractivity contribution is 4.89. The van der Waals surface area contributed by atoms with E-state index in [9.17, 15) is 4.39 Å². The summed E-state index contributed by atoms with van der Waals surface area (Å²) in [7, 11) is 0. The summed E-state index contributed by atoms with van der Waals surface area (Å²) in [6, 6.07) is 0. The van der Waals surface area contributed by atoms with Gasteiger partial charge in [-0.05, 0) is 26.3 Å². The van der Waals surface area contributed by atoms with Crippen LogP contribution in [0.15, 0.2) is 4.52 Å². The van der Waals surface area contributed by atoms with Crippen LogP contribution in [0.4, 0.5) is 4.39 Å². The molecule has 0 amide bonds. The Bertz CT molecular complexity index is 337. The minimum absolute atomic E-state index is 0.459. The molecule has 0 aromatic carbocycles. The fraction of sp³-hybridized carbons (Fsp3) is 0.800. The van der Waals surface area contributed by atoms with E-state index in [4.69, 9.17) is 4.52 Å². The van der Waals surface area contributed by atoms with Gasteiger partial charge in [-0.25, -0.2) is 4.39 Å². The van der Waals surface area contributed by atoms with Gasteiger partial charge in [0.05, 0.1) is 6.54 Å². The molecular formula is C10H16FN3O. The van der Waals surface area contributed by atoms with E-state index in [1.54, 1.807) is 13.8 Å². The van der Waals surface area contributed by atoms with Crippen LogP contribution < -0.4 is 0 Å². The van der Waals surface area contributed by atoms with Crippen LogP contribution in [0, 0.1) is 6.92 Å². The third kappa shape index (κ3) is 2.75. The smallest absolute Gasteiger partial charge is 0.223 e. The predicted octanol–water partition coefficient (Wildman–Crippen LogP) is 1.70. The summed E-state index contributed by atoms with van der Waals surface area (Å²) >= 11 is 0. The molecule has 0 saturated carbocycles. The van der Waals surface area contributed by atoms with E-state index in [1.807, 2.05) is 4.90 Å². The molecule has 1 aromatic rings. The van der Waals surface area contributed by atoms with Crippen molar-refractivity contribution in [3.05, 3.63) is 11.7 Å². The van der Waals surface area contributed by atoms with Gasteiger partial charge in [0.15, 0.2) is 5.82 Å². The van der Waals surface area contributed by atoms with Crippen LogP contribution in [0.3, 0.4) is 0 Å². The number of hydrogen-bond donors (Lipinski definition) is 0. The third-order valence-electron chi connectivity index (χ3n) is 2.66. The van der Waals surface area contributed by atoms with Gasteiger partial charge in [0.2, 0.25) is 5.89 Å². The number of nitrogens with zero attached hydrogens (tertiary/aromatic N) is 3. The first kappa shape index (κ1) is 10.5. The number of likely N-dealkylation sites (tertiary alicyclic amines) is 1. The Labute approximate surface area is 88.5 Å². The van der Waals surface area contributed by atoms with Crippen LogP contribution in [0.1, 0.15) is 31.5 Å². The van der Waals surface area contributed by atoms with E-state index in [0.29, 0.717) is 31.2 Å². The summed E-state index contributed by atoms with van der Waals surface area (Å²) in [5.74, 6) is 1.20. The fourth-order valence-electron chi connectivity index (χ4n) is 2.04. The number of aromatic nitrogens is 2. The molecule has 1 aliphatic heterocycles. The van der Waals surface area contributed by atoms with E-state index < -0.39 is 5.67 Å². The summed E-state index contributed by atoms with van der Waals surface area (Å²) < 4.78 is 18.6. The molecular weight excluding hydrogens is 197 g/mol. The molecule has 0 N–H and O–H groups in total. The number of piperidine rings is 1. The van der Waals surface area contributed by atoms with Crippen molar-refractivity contribution in [2.24, 2.45) is 0 Å². The normalized spacial score (nSPS) is 28.2. The SMILES string of the molecule is Cc1nc(CN2CCC[C@@](C)(F)C2)no1. The van der Waals surface area contributed by atoms with E-state index in [-0.39, 0.29) is 0 Å². The number of rotatable bonds is 2. The average molecular weight is 213 g/mol. The first-order chi connectivity index (χ1) is 7.05. The molecule has 0 unspecified atom stereocenters. The first-order valence-corrected chi connectivity index (χ1v) is 5.26. The van der Waals surface area contributed by atoms with E-state index in [1.165, 1.54) is 0 Å². The maximum absolute atomic E-state index is 13.7. The van der Waals surface area contributed by atoms with Crippen molar-refractivity contribution in [3.63, 3.8) is 0 Å². The monoisotopic (exact) mass is 213 g/mol. The van der Waals surface area contributed by atoms with Crippen LogP contribution in [-0.2, 0) is 6.54 Å². The molecule has 1 aliphatic rings. The molecule has 1 saturated heterocycles. The Hall–Kier alpha value is -0.970. The van der Waals surface area contributed by atoms with Gasteiger partial charge in [0.1, 0.15) is 5.67 Å². The quantitative estimate of drug-likeness (QED) is 0.750. The van der Waals surface area contributed by atoms with Crippen molar-refractivity contribution in [1.82, 2.24) is 15.0 Å². The second-order valence-corrected chi connectivity index (χ2v) is 4.46. The largest absolute Gasteiger partial charge is 0.340 e. The van der Waals surface area contributed by atoms with E-state index >= 15 is 0 Å². The molecule has 15 heavy (non-hydrogen) atoms. The Kier molecular flexibility index (Phi) is 2.73. The van der Waals surface area contributed by atoms with E-state index in [2.05, 4.69) is 10.1 Å². The molecule has 0 radical (unpaired) electrons. The van der Waals surface area contributed by atoms with Crippen LogP contribution in [0.2, 0.25) is 0 Å². The Morgan fingerprint density at radius 1 is 1.60 bits per heavy atom. The second kappa shape index (κ2) is 3.89. The molecule has 1 fully saturated rings. The molecule has 4 nitrogen and oxygen atoms in total. The van der Waals surface area contributed by atoms with Gasteiger partial charge < -0.3 is 4.52 Å². The van der Waals surface area contributed by atoms with Crippen LogP contribution in [-0.4, -0.2) is 33.8 Å². The van der Waals surface area contributed by atoms with Crippen molar-refractivity contribution < 1.29 is 8.91 Å². The molecule has 0 spiro atoms. The Morgan fingerprint density at radius 3 is 3.00 bits per heavy atom. The highest BCUT2D eigenvalue weighted by atomic mass is 19.1. The zero-order chi connectivity index (χ0) is 10.9. The lowest BCUT2D eigenvalue weighted by Gasteiger charge is -2.34. The lowest BCUT2D eigenvalue weighted by Crippen LogP contribution is -2.43. The maximum Gasteiger partial charge on any atom is 0.223 e. The molecule has 2 rings (SSSR count). The molecule has 0 aliphatic carbocycles.